The van der Waals surface area contributed by atoms with E-state index in [0.29, 0.717) is 35.1 Å². The van der Waals surface area contributed by atoms with Crippen molar-refractivity contribution in [2.24, 2.45) is 0 Å². The number of hydrogen-bond donors (Lipinski definition) is 1. The molecule has 0 aliphatic carbocycles. The summed E-state index contributed by atoms with van der Waals surface area (Å²) in [5.74, 6) is -2.44. The molecule has 4 rings (SSSR count). The van der Waals surface area contributed by atoms with Crippen LogP contribution in [-0.4, -0.2) is 59.0 Å². The number of methoxy groups -OCH3 is 1. The smallest absolute Gasteiger partial charge is 0.277 e. The molecule has 1 aliphatic heterocycles. The fraction of sp³-hybridized carbons (Fsp3) is 0.318. The van der Waals surface area contributed by atoms with Crippen LogP contribution >= 0.6 is 11.3 Å². The summed E-state index contributed by atoms with van der Waals surface area (Å²) in [6.07, 6.45) is 3.18. The molecule has 0 saturated heterocycles. The third kappa shape index (κ3) is 4.33. The summed E-state index contributed by atoms with van der Waals surface area (Å²) >= 11 is 1.16. The summed E-state index contributed by atoms with van der Waals surface area (Å²) in [5, 5.41) is 12.8. The second kappa shape index (κ2) is 9.28. The van der Waals surface area contributed by atoms with Crippen molar-refractivity contribution in [3.8, 4) is 16.3 Å². The molecule has 33 heavy (non-hydrogen) atoms. The Kier molecular flexibility index (Phi) is 6.43. The minimum absolute atomic E-state index is 0.113. The van der Waals surface area contributed by atoms with Crippen LogP contribution in [-0.2, 0) is 11.2 Å². The van der Waals surface area contributed by atoms with Gasteiger partial charge in [0, 0.05) is 50.0 Å². The lowest BCUT2D eigenvalue weighted by molar-refractivity contribution is 0.0625. The Bertz CT molecular complexity index is 1260. The topological polar surface area (TPSA) is 87.9 Å². The van der Waals surface area contributed by atoms with Gasteiger partial charge < -0.3 is 14.7 Å². The second-order valence-corrected chi connectivity index (χ2v) is 8.60. The third-order valence-corrected chi connectivity index (χ3v) is 6.42. The van der Waals surface area contributed by atoms with E-state index in [4.69, 9.17) is 4.74 Å². The van der Waals surface area contributed by atoms with Crippen molar-refractivity contribution in [3.63, 3.8) is 0 Å². The average molecular weight is 477 g/mol. The largest absolute Gasteiger partial charge is 0.502 e. The highest BCUT2D eigenvalue weighted by molar-refractivity contribution is 7.15. The summed E-state index contributed by atoms with van der Waals surface area (Å²) < 4.78 is 33.7. The van der Waals surface area contributed by atoms with Crippen molar-refractivity contribution in [2.75, 3.05) is 38.5 Å². The van der Waals surface area contributed by atoms with Gasteiger partial charge in [-0.25, -0.2) is 13.8 Å². The number of amides is 1. The van der Waals surface area contributed by atoms with Gasteiger partial charge in [0.2, 0.25) is 5.43 Å². The fourth-order valence-electron chi connectivity index (χ4n) is 3.64. The SMILES string of the molecule is CCN1CN(CCOC)C(=O)c2c(O)c(=O)c(-c3ncc(Cc4ccc(F)cc4F)s3)cn21. The molecule has 0 unspecified atom stereocenters. The number of halogens is 2. The van der Waals surface area contributed by atoms with E-state index in [1.807, 2.05) is 6.92 Å². The van der Waals surface area contributed by atoms with Crippen LogP contribution < -0.4 is 10.4 Å². The van der Waals surface area contributed by atoms with E-state index in [1.165, 1.54) is 41.2 Å². The number of aromatic nitrogens is 2. The molecule has 3 heterocycles. The van der Waals surface area contributed by atoms with Crippen LogP contribution in [0.25, 0.3) is 10.6 Å². The van der Waals surface area contributed by atoms with E-state index in [0.717, 1.165) is 17.4 Å². The molecule has 11 heteroatoms. The van der Waals surface area contributed by atoms with Crippen LogP contribution in [0.15, 0.2) is 35.4 Å². The van der Waals surface area contributed by atoms with Gasteiger partial charge >= 0.3 is 0 Å². The molecule has 0 spiro atoms. The molecular weight excluding hydrogens is 454 g/mol. The zero-order valence-electron chi connectivity index (χ0n) is 18.0. The van der Waals surface area contributed by atoms with E-state index < -0.39 is 28.7 Å². The Morgan fingerprint density at radius 2 is 2.06 bits per heavy atom. The molecule has 1 aromatic carbocycles. The molecular formula is C22H22F2N4O4S. The number of thiazole rings is 1. The normalized spacial score (nSPS) is 13.5. The summed E-state index contributed by atoms with van der Waals surface area (Å²) in [7, 11) is 1.53. The van der Waals surface area contributed by atoms with E-state index in [9.17, 15) is 23.5 Å². The number of ether oxygens (including phenoxy) is 1. The van der Waals surface area contributed by atoms with Gasteiger partial charge in [-0.1, -0.05) is 6.07 Å². The van der Waals surface area contributed by atoms with Gasteiger partial charge in [-0.15, -0.1) is 11.3 Å². The third-order valence-electron chi connectivity index (χ3n) is 5.39. The van der Waals surface area contributed by atoms with Crippen LogP contribution in [0, 0.1) is 11.6 Å². The molecule has 8 nitrogen and oxygen atoms in total. The maximum Gasteiger partial charge on any atom is 0.277 e. The maximum absolute atomic E-state index is 14.0. The molecule has 0 fully saturated rings. The molecule has 174 valence electrons. The van der Waals surface area contributed by atoms with E-state index in [-0.39, 0.29) is 24.3 Å². The van der Waals surface area contributed by atoms with E-state index >= 15 is 0 Å². The Hall–Kier alpha value is -3.31. The predicted octanol–water partition coefficient (Wildman–Crippen LogP) is 2.56. The van der Waals surface area contributed by atoms with Gasteiger partial charge in [0.15, 0.2) is 11.4 Å². The van der Waals surface area contributed by atoms with Crippen LogP contribution in [0.2, 0.25) is 0 Å². The van der Waals surface area contributed by atoms with Crippen molar-refractivity contribution in [2.45, 2.75) is 13.3 Å². The molecule has 3 aromatic rings. The second-order valence-electron chi connectivity index (χ2n) is 7.48. The predicted molar refractivity (Wildman–Crippen MR) is 119 cm³/mol. The highest BCUT2D eigenvalue weighted by Crippen LogP contribution is 2.29. The Morgan fingerprint density at radius 1 is 1.27 bits per heavy atom. The fourth-order valence-corrected chi connectivity index (χ4v) is 4.58. The summed E-state index contributed by atoms with van der Waals surface area (Å²) in [6, 6.07) is 3.36. The molecule has 2 aromatic heterocycles. The van der Waals surface area contributed by atoms with Gasteiger partial charge in [0.25, 0.3) is 5.91 Å². The minimum atomic E-state index is -0.715. The number of carbonyl (C=O) groups is 1. The monoisotopic (exact) mass is 476 g/mol. The quantitative estimate of drug-likeness (QED) is 0.564. The van der Waals surface area contributed by atoms with Gasteiger partial charge in [0.05, 0.1) is 12.2 Å². The van der Waals surface area contributed by atoms with E-state index in [2.05, 4.69) is 4.98 Å². The number of nitrogens with zero attached hydrogens (tertiary/aromatic N) is 4. The molecule has 0 radical (unpaired) electrons. The van der Waals surface area contributed by atoms with Gasteiger partial charge in [0.1, 0.15) is 23.3 Å². The van der Waals surface area contributed by atoms with Crippen LogP contribution in [0.3, 0.4) is 0 Å². The summed E-state index contributed by atoms with van der Waals surface area (Å²) in [5.41, 5.74) is -0.398. The molecule has 0 bridgehead atoms. The molecule has 1 amide bonds. The Balaban J connectivity index is 1.70. The van der Waals surface area contributed by atoms with Crippen LogP contribution in [0.4, 0.5) is 8.78 Å². The standard InChI is InChI=1S/C22H22F2N4O4S/c1-3-27-12-26(6-7-32-2)22(31)18-20(30)19(29)16(11-28(18)27)21-25-10-15(33-21)8-13-4-5-14(23)9-17(13)24/h4-5,9-11,30H,3,6-8,12H2,1-2H3. The number of fused-ring (bicyclic) bond motifs is 1. The highest BCUT2D eigenvalue weighted by atomic mass is 32.1. The van der Waals surface area contributed by atoms with Gasteiger partial charge in [-0.05, 0) is 18.6 Å². The number of aromatic hydroxyl groups is 1. The Morgan fingerprint density at radius 3 is 2.76 bits per heavy atom. The van der Waals surface area contributed by atoms with Gasteiger partial charge in [-0.3, -0.25) is 19.3 Å². The summed E-state index contributed by atoms with van der Waals surface area (Å²) in [4.78, 5) is 32.3. The number of pyridine rings is 1. The first-order valence-corrected chi connectivity index (χ1v) is 11.1. The number of rotatable bonds is 7. The van der Waals surface area contributed by atoms with Gasteiger partial charge in [-0.2, -0.15) is 0 Å². The minimum Gasteiger partial charge on any atom is -0.502 e. The van der Waals surface area contributed by atoms with Crippen molar-refractivity contribution in [1.29, 1.82) is 0 Å². The lowest BCUT2D eigenvalue weighted by Gasteiger charge is -2.39. The molecule has 1 aliphatic rings. The first-order chi connectivity index (χ1) is 15.8. The number of hydrogen-bond acceptors (Lipinski definition) is 7. The zero-order valence-corrected chi connectivity index (χ0v) is 18.9. The molecule has 1 N–H and O–H groups in total. The first-order valence-electron chi connectivity index (χ1n) is 10.2. The average Bonchev–Trinajstić information content (AvgIpc) is 3.25. The molecule has 0 atom stereocenters. The van der Waals surface area contributed by atoms with Crippen LogP contribution in [0.5, 0.6) is 5.75 Å². The van der Waals surface area contributed by atoms with Crippen molar-refractivity contribution in [1.82, 2.24) is 14.6 Å². The zero-order chi connectivity index (χ0) is 23.7. The van der Waals surface area contributed by atoms with Crippen molar-refractivity contribution >= 4 is 17.2 Å². The number of carbonyl (C=O) groups excluding carboxylic acids is 1. The molecule has 0 saturated carbocycles. The lowest BCUT2D eigenvalue weighted by atomic mass is 10.1. The van der Waals surface area contributed by atoms with Crippen LogP contribution in [0.1, 0.15) is 27.9 Å². The lowest BCUT2D eigenvalue weighted by Crippen LogP contribution is -2.54. The highest BCUT2D eigenvalue weighted by Gasteiger charge is 2.33. The van der Waals surface area contributed by atoms with Crippen molar-refractivity contribution < 1.29 is 23.4 Å². The van der Waals surface area contributed by atoms with E-state index in [1.54, 1.807) is 5.01 Å². The number of benzene rings is 1. The first kappa shape index (κ1) is 22.9. The van der Waals surface area contributed by atoms with Crippen molar-refractivity contribution in [3.05, 3.63) is 68.6 Å². The maximum atomic E-state index is 14.0. The Labute approximate surface area is 192 Å². The summed E-state index contributed by atoms with van der Waals surface area (Å²) in [6.45, 7) is 3.31.